The molecule has 1 atom stereocenters. The van der Waals surface area contributed by atoms with Crippen molar-refractivity contribution in [3.63, 3.8) is 0 Å². The quantitative estimate of drug-likeness (QED) is 0.750. The third-order valence-corrected chi connectivity index (χ3v) is 3.99. The number of nitrogens with one attached hydrogen (secondary N) is 1. The molecule has 1 unspecified atom stereocenters. The Labute approximate surface area is 87.1 Å². The monoisotopic (exact) mass is 201 g/mol. The molecule has 0 aromatic heterocycles. The lowest BCUT2D eigenvalue weighted by Crippen LogP contribution is -2.14. The van der Waals surface area contributed by atoms with Crippen LogP contribution in [0, 0.1) is 5.92 Å². The van der Waals surface area contributed by atoms with E-state index in [1.54, 1.807) is 0 Å². The molecule has 0 bridgehead atoms. The van der Waals surface area contributed by atoms with Crippen molar-refractivity contribution < 1.29 is 0 Å². The van der Waals surface area contributed by atoms with Crippen molar-refractivity contribution >= 4 is 11.8 Å². The van der Waals surface area contributed by atoms with Crippen LogP contribution in [0.2, 0.25) is 0 Å². The number of hydrogen-bond donors (Lipinski definition) is 1. The summed E-state index contributed by atoms with van der Waals surface area (Å²) in [6, 6.07) is 0. The number of rotatable bonds is 4. The fraction of sp³-hybridized carbons (Fsp3) is 1.00. The van der Waals surface area contributed by atoms with E-state index in [4.69, 9.17) is 0 Å². The van der Waals surface area contributed by atoms with Gasteiger partial charge in [-0.05, 0) is 50.4 Å². The Hall–Kier alpha value is 0.310. The zero-order valence-corrected chi connectivity index (χ0v) is 9.83. The minimum atomic E-state index is 0.872. The standard InChI is InChI=1S/C11H23NS/c1-10(2)6-9-13-11-4-3-7-12-8-5-11/h10-12H,3-9H2,1-2H3. The summed E-state index contributed by atoms with van der Waals surface area (Å²) in [4.78, 5) is 0. The zero-order valence-electron chi connectivity index (χ0n) is 9.01. The highest BCUT2D eigenvalue weighted by Gasteiger charge is 2.11. The molecule has 2 heteroatoms. The molecule has 13 heavy (non-hydrogen) atoms. The van der Waals surface area contributed by atoms with Crippen LogP contribution in [0.15, 0.2) is 0 Å². The van der Waals surface area contributed by atoms with Crippen molar-refractivity contribution in [3.05, 3.63) is 0 Å². The highest BCUT2D eigenvalue weighted by Crippen LogP contribution is 2.22. The van der Waals surface area contributed by atoms with E-state index >= 15 is 0 Å². The van der Waals surface area contributed by atoms with Gasteiger partial charge in [-0.2, -0.15) is 11.8 Å². The summed E-state index contributed by atoms with van der Waals surface area (Å²) in [7, 11) is 0. The highest BCUT2D eigenvalue weighted by molar-refractivity contribution is 7.99. The fourth-order valence-electron chi connectivity index (χ4n) is 1.62. The normalized spacial score (nSPS) is 24.7. The molecule has 0 aliphatic carbocycles. The molecule has 0 aromatic carbocycles. The van der Waals surface area contributed by atoms with Crippen molar-refractivity contribution in [3.8, 4) is 0 Å². The first-order valence-electron chi connectivity index (χ1n) is 5.61. The van der Waals surface area contributed by atoms with Crippen LogP contribution in [0.3, 0.4) is 0 Å². The summed E-state index contributed by atoms with van der Waals surface area (Å²) in [6.07, 6.45) is 5.56. The molecule has 1 aliphatic heterocycles. The minimum Gasteiger partial charge on any atom is -0.317 e. The Morgan fingerprint density at radius 2 is 2.15 bits per heavy atom. The van der Waals surface area contributed by atoms with Gasteiger partial charge in [0.05, 0.1) is 0 Å². The second kappa shape index (κ2) is 6.72. The lowest BCUT2D eigenvalue weighted by atomic mass is 10.2. The van der Waals surface area contributed by atoms with Crippen LogP contribution < -0.4 is 5.32 Å². The van der Waals surface area contributed by atoms with Crippen LogP contribution in [0.4, 0.5) is 0 Å². The molecule has 1 rings (SSSR count). The Morgan fingerprint density at radius 3 is 2.92 bits per heavy atom. The summed E-state index contributed by atoms with van der Waals surface area (Å²) >= 11 is 2.20. The Kier molecular flexibility index (Phi) is 5.88. The smallest absolute Gasteiger partial charge is 0.00595 e. The predicted molar refractivity (Wildman–Crippen MR) is 62.4 cm³/mol. The van der Waals surface area contributed by atoms with Crippen molar-refractivity contribution in [2.45, 2.75) is 44.8 Å². The molecule has 1 heterocycles. The van der Waals surface area contributed by atoms with E-state index in [1.807, 2.05) is 0 Å². The maximum Gasteiger partial charge on any atom is 0.00595 e. The molecule has 0 aromatic rings. The van der Waals surface area contributed by atoms with Crippen molar-refractivity contribution in [1.29, 1.82) is 0 Å². The summed E-state index contributed by atoms with van der Waals surface area (Å²) in [5.41, 5.74) is 0. The minimum absolute atomic E-state index is 0.872. The predicted octanol–water partition coefficient (Wildman–Crippen LogP) is 2.91. The van der Waals surface area contributed by atoms with Crippen LogP contribution in [0.1, 0.15) is 39.5 Å². The van der Waals surface area contributed by atoms with Gasteiger partial charge >= 0.3 is 0 Å². The molecule has 0 spiro atoms. The maximum absolute atomic E-state index is 3.46. The Balaban J connectivity index is 2.05. The van der Waals surface area contributed by atoms with Gasteiger partial charge in [-0.1, -0.05) is 13.8 Å². The van der Waals surface area contributed by atoms with E-state index in [9.17, 15) is 0 Å². The van der Waals surface area contributed by atoms with Crippen LogP contribution in [0.5, 0.6) is 0 Å². The average Bonchev–Trinajstić information content (AvgIpc) is 2.32. The van der Waals surface area contributed by atoms with Gasteiger partial charge in [0.15, 0.2) is 0 Å². The van der Waals surface area contributed by atoms with Crippen LogP contribution in [-0.4, -0.2) is 24.1 Å². The van der Waals surface area contributed by atoms with Gasteiger partial charge < -0.3 is 5.32 Å². The first kappa shape index (κ1) is 11.4. The number of thioether (sulfide) groups is 1. The molecule has 1 fully saturated rings. The summed E-state index contributed by atoms with van der Waals surface area (Å²) in [6.45, 7) is 7.10. The van der Waals surface area contributed by atoms with Gasteiger partial charge in [-0.15, -0.1) is 0 Å². The molecule has 0 amide bonds. The van der Waals surface area contributed by atoms with Gasteiger partial charge in [-0.25, -0.2) is 0 Å². The molecule has 1 saturated heterocycles. The van der Waals surface area contributed by atoms with Crippen LogP contribution >= 0.6 is 11.8 Å². The van der Waals surface area contributed by atoms with E-state index in [0.29, 0.717) is 0 Å². The first-order chi connectivity index (χ1) is 6.29. The molecule has 78 valence electrons. The summed E-state index contributed by atoms with van der Waals surface area (Å²) in [5.74, 6) is 2.24. The van der Waals surface area contributed by atoms with E-state index < -0.39 is 0 Å². The van der Waals surface area contributed by atoms with Gasteiger partial charge in [-0.3, -0.25) is 0 Å². The topological polar surface area (TPSA) is 12.0 Å². The first-order valence-corrected chi connectivity index (χ1v) is 6.66. The van der Waals surface area contributed by atoms with E-state index in [2.05, 4.69) is 30.9 Å². The van der Waals surface area contributed by atoms with Crippen LogP contribution in [0.25, 0.3) is 0 Å². The molecule has 1 N–H and O–H groups in total. The summed E-state index contributed by atoms with van der Waals surface area (Å²) < 4.78 is 0. The van der Waals surface area contributed by atoms with Crippen molar-refractivity contribution in [2.24, 2.45) is 5.92 Å². The second-order valence-electron chi connectivity index (χ2n) is 4.36. The number of hydrogen-bond acceptors (Lipinski definition) is 2. The molecule has 1 nitrogen and oxygen atoms in total. The SMILES string of the molecule is CC(C)CCSC1CCCNCC1. The molecular weight excluding hydrogens is 178 g/mol. The van der Waals surface area contributed by atoms with E-state index in [1.165, 1.54) is 44.5 Å². The van der Waals surface area contributed by atoms with Gasteiger partial charge in [0.25, 0.3) is 0 Å². The van der Waals surface area contributed by atoms with Gasteiger partial charge in [0.2, 0.25) is 0 Å². The van der Waals surface area contributed by atoms with E-state index in [-0.39, 0.29) is 0 Å². The molecule has 0 saturated carbocycles. The van der Waals surface area contributed by atoms with Crippen LogP contribution in [-0.2, 0) is 0 Å². The van der Waals surface area contributed by atoms with Crippen molar-refractivity contribution in [2.75, 3.05) is 18.8 Å². The Bertz CT molecular complexity index is 117. The lowest BCUT2D eigenvalue weighted by Gasteiger charge is -2.13. The average molecular weight is 201 g/mol. The van der Waals surface area contributed by atoms with Crippen molar-refractivity contribution in [1.82, 2.24) is 5.32 Å². The second-order valence-corrected chi connectivity index (χ2v) is 5.76. The fourth-order valence-corrected chi connectivity index (χ4v) is 3.18. The van der Waals surface area contributed by atoms with Gasteiger partial charge in [0.1, 0.15) is 0 Å². The third kappa shape index (κ3) is 5.58. The zero-order chi connectivity index (χ0) is 9.52. The lowest BCUT2D eigenvalue weighted by molar-refractivity contribution is 0.629. The molecule has 1 aliphatic rings. The Morgan fingerprint density at radius 1 is 1.31 bits per heavy atom. The largest absolute Gasteiger partial charge is 0.317 e. The van der Waals surface area contributed by atoms with Gasteiger partial charge in [0, 0.05) is 5.25 Å². The third-order valence-electron chi connectivity index (χ3n) is 2.57. The highest BCUT2D eigenvalue weighted by atomic mass is 32.2. The molecular formula is C11H23NS. The maximum atomic E-state index is 3.46. The molecule has 0 radical (unpaired) electrons. The van der Waals surface area contributed by atoms with E-state index in [0.717, 1.165) is 11.2 Å². The summed E-state index contributed by atoms with van der Waals surface area (Å²) in [5, 5.41) is 4.40.